The number of likely N-dealkylation sites (tertiary alicyclic amines) is 1. The van der Waals surface area contributed by atoms with Crippen LogP contribution in [0.25, 0.3) is 0 Å². The molecule has 82 valence electrons. The highest BCUT2D eigenvalue weighted by molar-refractivity contribution is 5.86. The highest BCUT2D eigenvalue weighted by Crippen LogP contribution is 2.19. The zero-order valence-corrected chi connectivity index (χ0v) is 9.53. The maximum atomic E-state index is 8.77. The van der Waals surface area contributed by atoms with Gasteiger partial charge in [0.2, 0.25) is 0 Å². The Balaban J connectivity index is 2.53. The Hall–Kier alpha value is -0.570. The highest BCUT2D eigenvalue weighted by Gasteiger charge is 2.25. The molecule has 0 aromatic carbocycles. The molecular weight excluding hydrogens is 176 g/mol. The first-order valence-electron chi connectivity index (χ1n) is 5.67. The Labute approximate surface area is 86.8 Å². The van der Waals surface area contributed by atoms with E-state index in [0.717, 1.165) is 25.2 Å². The van der Waals surface area contributed by atoms with Gasteiger partial charge >= 0.3 is 0 Å². The Bertz CT molecular complexity index is 199. The van der Waals surface area contributed by atoms with Gasteiger partial charge in [-0.25, -0.2) is 0 Å². The lowest BCUT2D eigenvalue weighted by atomic mass is 9.95. The first-order valence-corrected chi connectivity index (χ1v) is 5.67. The van der Waals surface area contributed by atoms with Crippen molar-refractivity contribution in [2.24, 2.45) is 11.1 Å². The van der Waals surface area contributed by atoms with Gasteiger partial charge in [0.05, 0.1) is 5.71 Å². The average molecular weight is 198 g/mol. The van der Waals surface area contributed by atoms with Gasteiger partial charge in [0.15, 0.2) is 0 Å². The van der Waals surface area contributed by atoms with Crippen molar-refractivity contribution in [1.29, 1.82) is 0 Å². The lowest BCUT2D eigenvalue weighted by Gasteiger charge is -2.36. The number of piperidine rings is 1. The smallest absolute Gasteiger partial charge is 0.0624 e. The van der Waals surface area contributed by atoms with E-state index in [-0.39, 0.29) is 0 Å². The molecule has 3 nitrogen and oxygen atoms in total. The molecule has 1 fully saturated rings. The summed E-state index contributed by atoms with van der Waals surface area (Å²) in [4.78, 5) is 2.53. The zero-order valence-electron chi connectivity index (χ0n) is 9.53. The van der Waals surface area contributed by atoms with Crippen LogP contribution in [0, 0.1) is 5.92 Å². The van der Waals surface area contributed by atoms with Crippen LogP contribution in [0.5, 0.6) is 0 Å². The van der Waals surface area contributed by atoms with E-state index in [9.17, 15) is 0 Å². The van der Waals surface area contributed by atoms with Crippen molar-refractivity contribution in [2.75, 3.05) is 13.1 Å². The molecule has 0 aromatic heterocycles. The van der Waals surface area contributed by atoms with Crippen LogP contribution in [0.4, 0.5) is 0 Å². The third-order valence-electron chi connectivity index (χ3n) is 3.32. The maximum Gasteiger partial charge on any atom is 0.0624 e. The van der Waals surface area contributed by atoms with E-state index in [1.807, 2.05) is 0 Å². The predicted octanol–water partition coefficient (Wildman–Crippen LogP) is 2.35. The average Bonchev–Trinajstić information content (AvgIpc) is 2.20. The number of hydrogen-bond acceptors (Lipinski definition) is 3. The van der Waals surface area contributed by atoms with Crippen molar-refractivity contribution in [3.05, 3.63) is 0 Å². The van der Waals surface area contributed by atoms with Crippen molar-refractivity contribution >= 4 is 5.71 Å². The minimum Gasteiger partial charge on any atom is -0.411 e. The van der Waals surface area contributed by atoms with Crippen LogP contribution in [0.15, 0.2) is 5.16 Å². The zero-order chi connectivity index (χ0) is 10.6. The molecule has 0 saturated carbocycles. The number of rotatable bonds is 3. The lowest BCUT2D eigenvalue weighted by Crippen LogP contribution is -2.45. The molecule has 0 bridgehead atoms. The molecule has 3 heteroatoms. The molecule has 0 amide bonds. The molecule has 0 aromatic rings. The quantitative estimate of drug-likeness (QED) is 0.558. The second kappa shape index (κ2) is 5.35. The molecule has 1 aliphatic rings. The SMILES string of the molecule is CCC(CC)N1CC/C(=N\O)C(C)C1. The molecule has 0 aliphatic carbocycles. The van der Waals surface area contributed by atoms with Gasteiger partial charge in [-0.1, -0.05) is 25.9 Å². The fourth-order valence-corrected chi connectivity index (χ4v) is 2.34. The van der Waals surface area contributed by atoms with E-state index in [1.165, 1.54) is 12.8 Å². The van der Waals surface area contributed by atoms with Gasteiger partial charge in [0, 0.05) is 31.5 Å². The van der Waals surface area contributed by atoms with E-state index in [4.69, 9.17) is 5.21 Å². The van der Waals surface area contributed by atoms with Crippen LogP contribution >= 0.6 is 0 Å². The number of nitrogens with zero attached hydrogens (tertiary/aromatic N) is 2. The monoisotopic (exact) mass is 198 g/mol. The summed E-state index contributed by atoms with van der Waals surface area (Å²) in [5.74, 6) is 0.411. The van der Waals surface area contributed by atoms with Gasteiger partial charge in [-0.3, -0.25) is 4.90 Å². The summed E-state index contributed by atoms with van der Waals surface area (Å²) in [6, 6.07) is 0.706. The van der Waals surface area contributed by atoms with Gasteiger partial charge in [0.1, 0.15) is 0 Å². The second-order valence-electron chi connectivity index (χ2n) is 4.21. The topological polar surface area (TPSA) is 35.8 Å². The summed E-state index contributed by atoms with van der Waals surface area (Å²) in [5, 5.41) is 12.1. The summed E-state index contributed by atoms with van der Waals surface area (Å²) < 4.78 is 0. The Kier molecular flexibility index (Phi) is 4.39. The second-order valence-corrected chi connectivity index (χ2v) is 4.21. The highest BCUT2D eigenvalue weighted by atomic mass is 16.4. The molecule has 1 unspecified atom stereocenters. The van der Waals surface area contributed by atoms with E-state index in [2.05, 4.69) is 30.8 Å². The Morgan fingerprint density at radius 2 is 2.14 bits per heavy atom. The standard InChI is InChI=1S/C11H22N2O/c1-4-10(5-2)13-7-6-11(12-14)9(3)8-13/h9-10,14H,4-8H2,1-3H3/b12-11+. The van der Waals surface area contributed by atoms with E-state index in [0.29, 0.717) is 12.0 Å². The Morgan fingerprint density at radius 1 is 1.50 bits per heavy atom. The van der Waals surface area contributed by atoms with Crippen LogP contribution in [-0.2, 0) is 0 Å². The van der Waals surface area contributed by atoms with E-state index in [1.54, 1.807) is 0 Å². The number of hydrogen-bond donors (Lipinski definition) is 1. The summed E-state index contributed by atoms with van der Waals surface area (Å²) >= 11 is 0. The first-order chi connectivity index (χ1) is 6.72. The molecule has 0 spiro atoms. The van der Waals surface area contributed by atoms with Gasteiger partial charge in [-0.15, -0.1) is 0 Å². The lowest BCUT2D eigenvalue weighted by molar-refractivity contribution is 0.163. The van der Waals surface area contributed by atoms with Crippen molar-refractivity contribution in [3.8, 4) is 0 Å². The normalized spacial score (nSPS) is 27.4. The van der Waals surface area contributed by atoms with E-state index >= 15 is 0 Å². The molecule has 1 saturated heterocycles. The van der Waals surface area contributed by atoms with Gasteiger partial charge < -0.3 is 5.21 Å². The number of oxime groups is 1. The molecule has 1 atom stereocenters. The molecular formula is C11H22N2O. The summed E-state index contributed by atoms with van der Waals surface area (Å²) in [6.45, 7) is 8.73. The molecule has 1 N–H and O–H groups in total. The van der Waals surface area contributed by atoms with Crippen LogP contribution in [0.3, 0.4) is 0 Å². The molecule has 1 rings (SSSR count). The largest absolute Gasteiger partial charge is 0.411 e. The van der Waals surface area contributed by atoms with Crippen LogP contribution < -0.4 is 0 Å². The molecule has 0 radical (unpaired) electrons. The summed E-state index contributed by atoms with van der Waals surface area (Å²) in [7, 11) is 0. The Morgan fingerprint density at radius 3 is 2.57 bits per heavy atom. The fourth-order valence-electron chi connectivity index (χ4n) is 2.34. The third-order valence-corrected chi connectivity index (χ3v) is 3.32. The van der Waals surface area contributed by atoms with Crippen molar-refractivity contribution in [1.82, 2.24) is 4.90 Å². The maximum absolute atomic E-state index is 8.77. The molecule has 14 heavy (non-hydrogen) atoms. The summed E-state index contributed by atoms with van der Waals surface area (Å²) in [5.41, 5.74) is 0.965. The van der Waals surface area contributed by atoms with Crippen molar-refractivity contribution in [2.45, 2.75) is 46.1 Å². The minimum atomic E-state index is 0.411. The first kappa shape index (κ1) is 11.5. The van der Waals surface area contributed by atoms with Crippen LogP contribution in [-0.4, -0.2) is 35.0 Å². The minimum absolute atomic E-state index is 0.411. The fraction of sp³-hybridized carbons (Fsp3) is 0.909. The third kappa shape index (κ3) is 2.47. The summed E-state index contributed by atoms with van der Waals surface area (Å²) in [6.07, 6.45) is 3.36. The van der Waals surface area contributed by atoms with Gasteiger partial charge in [-0.2, -0.15) is 0 Å². The van der Waals surface area contributed by atoms with Crippen LogP contribution in [0.2, 0.25) is 0 Å². The van der Waals surface area contributed by atoms with Gasteiger partial charge in [-0.05, 0) is 12.8 Å². The van der Waals surface area contributed by atoms with Gasteiger partial charge in [0.25, 0.3) is 0 Å². The van der Waals surface area contributed by atoms with Crippen molar-refractivity contribution < 1.29 is 5.21 Å². The molecule has 1 aliphatic heterocycles. The van der Waals surface area contributed by atoms with Crippen LogP contribution in [0.1, 0.15) is 40.0 Å². The van der Waals surface area contributed by atoms with E-state index < -0.39 is 0 Å². The molecule has 1 heterocycles. The van der Waals surface area contributed by atoms with Crippen molar-refractivity contribution in [3.63, 3.8) is 0 Å². The predicted molar refractivity (Wildman–Crippen MR) is 58.9 cm³/mol.